The largest absolute Gasteiger partial charge is 0.490 e. The molecule has 1 fully saturated rings. The molecule has 0 amide bonds. The smallest absolute Gasteiger partial charge is 0.153 e. The number of aromatic amines is 1. The van der Waals surface area contributed by atoms with E-state index in [-0.39, 0.29) is 0 Å². The van der Waals surface area contributed by atoms with Crippen LogP contribution < -0.4 is 10.5 Å². The third-order valence-corrected chi connectivity index (χ3v) is 3.17. The van der Waals surface area contributed by atoms with Crippen molar-refractivity contribution in [2.75, 3.05) is 5.73 Å². The molecule has 1 aliphatic carbocycles. The lowest BCUT2D eigenvalue weighted by Gasteiger charge is -2.12. The number of nitrogens with one attached hydrogen (secondary N) is 1. The number of fused-ring (bicyclic) bond motifs is 1. The Morgan fingerprint density at radius 3 is 2.94 bits per heavy atom. The first kappa shape index (κ1) is 9.51. The molecular weight excluding hydrogens is 202 g/mol. The van der Waals surface area contributed by atoms with Gasteiger partial charge >= 0.3 is 0 Å². The molecule has 0 spiro atoms. The quantitative estimate of drug-likeness (QED) is 0.812. The van der Waals surface area contributed by atoms with E-state index in [4.69, 9.17) is 10.5 Å². The zero-order valence-corrected chi connectivity index (χ0v) is 9.07. The molecular formula is C12H15N3O. The summed E-state index contributed by atoms with van der Waals surface area (Å²) >= 11 is 0. The highest BCUT2D eigenvalue weighted by atomic mass is 16.5. The second kappa shape index (κ2) is 3.70. The number of hydrogen-bond donors (Lipinski definition) is 2. The molecule has 84 valence electrons. The summed E-state index contributed by atoms with van der Waals surface area (Å²) in [5, 5.41) is 7.82. The van der Waals surface area contributed by atoms with E-state index in [0.717, 1.165) is 16.7 Å². The van der Waals surface area contributed by atoms with Gasteiger partial charge in [0.1, 0.15) is 5.75 Å². The van der Waals surface area contributed by atoms with Crippen LogP contribution in [-0.4, -0.2) is 16.3 Å². The summed E-state index contributed by atoms with van der Waals surface area (Å²) in [4.78, 5) is 0. The van der Waals surface area contributed by atoms with Crippen LogP contribution in [0.4, 0.5) is 5.82 Å². The van der Waals surface area contributed by atoms with Crippen molar-refractivity contribution in [3.8, 4) is 5.75 Å². The van der Waals surface area contributed by atoms with E-state index in [1.54, 1.807) is 0 Å². The molecule has 2 aromatic rings. The Morgan fingerprint density at radius 1 is 1.31 bits per heavy atom. The van der Waals surface area contributed by atoms with E-state index in [1.807, 2.05) is 18.2 Å². The maximum absolute atomic E-state index is 5.90. The second-order valence-corrected chi connectivity index (χ2v) is 4.34. The third kappa shape index (κ3) is 1.60. The summed E-state index contributed by atoms with van der Waals surface area (Å²) in [7, 11) is 0. The normalized spacial score (nSPS) is 17.0. The van der Waals surface area contributed by atoms with E-state index < -0.39 is 0 Å². The molecule has 1 saturated carbocycles. The van der Waals surface area contributed by atoms with Crippen LogP contribution in [0.3, 0.4) is 0 Å². The molecule has 1 heterocycles. The van der Waals surface area contributed by atoms with Crippen molar-refractivity contribution in [2.24, 2.45) is 0 Å². The molecule has 1 aromatic heterocycles. The summed E-state index contributed by atoms with van der Waals surface area (Å²) < 4.78 is 5.90. The number of hydrogen-bond acceptors (Lipinski definition) is 3. The molecule has 3 N–H and O–H groups in total. The first-order valence-corrected chi connectivity index (χ1v) is 5.73. The number of aromatic nitrogens is 2. The molecule has 0 bridgehead atoms. The molecule has 1 aromatic carbocycles. The maximum atomic E-state index is 5.90. The van der Waals surface area contributed by atoms with Crippen molar-refractivity contribution >= 4 is 16.7 Å². The monoisotopic (exact) mass is 217 g/mol. The van der Waals surface area contributed by atoms with Gasteiger partial charge in [0.25, 0.3) is 0 Å². The van der Waals surface area contributed by atoms with E-state index >= 15 is 0 Å². The molecule has 0 saturated heterocycles. The van der Waals surface area contributed by atoms with Crippen LogP contribution >= 0.6 is 0 Å². The van der Waals surface area contributed by atoms with Gasteiger partial charge in [-0.15, -0.1) is 0 Å². The van der Waals surface area contributed by atoms with Gasteiger partial charge in [0.2, 0.25) is 0 Å². The fourth-order valence-electron chi connectivity index (χ4n) is 2.29. The van der Waals surface area contributed by atoms with Gasteiger partial charge < -0.3 is 10.5 Å². The Hall–Kier alpha value is -1.71. The lowest BCUT2D eigenvalue weighted by Crippen LogP contribution is -2.10. The second-order valence-electron chi connectivity index (χ2n) is 4.34. The van der Waals surface area contributed by atoms with Gasteiger partial charge in [-0.25, -0.2) is 0 Å². The van der Waals surface area contributed by atoms with Gasteiger partial charge in [0.05, 0.1) is 11.6 Å². The van der Waals surface area contributed by atoms with Gasteiger partial charge in [-0.3, -0.25) is 5.10 Å². The predicted molar refractivity (Wildman–Crippen MR) is 63.4 cm³/mol. The highest BCUT2D eigenvalue weighted by molar-refractivity contribution is 5.89. The fourth-order valence-corrected chi connectivity index (χ4v) is 2.29. The number of nitrogens with two attached hydrogens (primary N) is 1. The highest BCUT2D eigenvalue weighted by Gasteiger charge is 2.16. The molecule has 3 rings (SSSR count). The molecule has 0 atom stereocenters. The summed E-state index contributed by atoms with van der Waals surface area (Å²) in [6.45, 7) is 0. The average molecular weight is 217 g/mol. The standard InChI is InChI=1S/C12H15N3O/c13-12-10-6-5-9(7-11(10)14-15-12)16-8-3-1-2-4-8/h5-8H,1-4H2,(H3,13,14,15). The molecule has 4 nitrogen and oxygen atoms in total. The summed E-state index contributed by atoms with van der Waals surface area (Å²) in [5.74, 6) is 1.45. The predicted octanol–water partition coefficient (Wildman–Crippen LogP) is 2.47. The maximum Gasteiger partial charge on any atom is 0.153 e. The van der Waals surface area contributed by atoms with Crippen molar-refractivity contribution in [3.63, 3.8) is 0 Å². The topological polar surface area (TPSA) is 63.9 Å². The van der Waals surface area contributed by atoms with Crippen LogP contribution in [0.25, 0.3) is 10.9 Å². The number of benzene rings is 1. The van der Waals surface area contributed by atoms with Crippen molar-refractivity contribution in [3.05, 3.63) is 18.2 Å². The minimum atomic E-state index is 0.387. The first-order valence-electron chi connectivity index (χ1n) is 5.73. The first-order chi connectivity index (χ1) is 7.83. The van der Waals surface area contributed by atoms with E-state index in [0.29, 0.717) is 11.9 Å². The number of nitrogens with zero attached hydrogens (tertiary/aromatic N) is 1. The molecule has 0 radical (unpaired) electrons. The summed E-state index contributed by atoms with van der Waals surface area (Å²) in [6.07, 6.45) is 5.29. The van der Waals surface area contributed by atoms with Gasteiger partial charge in [-0.2, -0.15) is 5.10 Å². The minimum Gasteiger partial charge on any atom is -0.490 e. The van der Waals surface area contributed by atoms with Crippen LogP contribution in [0, 0.1) is 0 Å². The van der Waals surface area contributed by atoms with Crippen molar-refractivity contribution < 1.29 is 4.74 Å². The molecule has 1 aliphatic rings. The Kier molecular flexibility index (Phi) is 2.20. The minimum absolute atomic E-state index is 0.387. The molecule has 0 aliphatic heterocycles. The summed E-state index contributed by atoms with van der Waals surface area (Å²) in [6, 6.07) is 5.89. The molecule has 16 heavy (non-hydrogen) atoms. The van der Waals surface area contributed by atoms with Crippen LogP contribution in [0.2, 0.25) is 0 Å². The van der Waals surface area contributed by atoms with E-state index in [1.165, 1.54) is 25.7 Å². The van der Waals surface area contributed by atoms with Gasteiger partial charge in [-0.1, -0.05) is 0 Å². The Bertz CT molecular complexity index is 500. The summed E-state index contributed by atoms with van der Waals surface area (Å²) in [5.41, 5.74) is 6.64. The number of H-pyrrole nitrogens is 1. The van der Waals surface area contributed by atoms with Crippen molar-refractivity contribution in [1.29, 1.82) is 0 Å². The highest BCUT2D eigenvalue weighted by Crippen LogP contribution is 2.27. The third-order valence-electron chi connectivity index (χ3n) is 3.17. The lowest BCUT2D eigenvalue weighted by molar-refractivity contribution is 0.210. The average Bonchev–Trinajstić information content (AvgIpc) is 2.90. The van der Waals surface area contributed by atoms with Crippen LogP contribution in [0.1, 0.15) is 25.7 Å². The number of ether oxygens (including phenoxy) is 1. The number of nitrogen functional groups attached to an aromatic ring is 1. The number of rotatable bonds is 2. The number of anilines is 1. The Labute approximate surface area is 93.8 Å². The van der Waals surface area contributed by atoms with Crippen molar-refractivity contribution in [1.82, 2.24) is 10.2 Å². The van der Waals surface area contributed by atoms with E-state index in [2.05, 4.69) is 10.2 Å². The molecule has 0 unspecified atom stereocenters. The zero-order chi connectivity index (χ0) is 11.0. The van der Waals surface area contributed by atoms with Gasteiger partial charge in [-0.05, 0) is 37.8 Å². The van der Waals surface area contributed by atoms with Crippen molar-refractivity contribution in [2.45, 2.75) is 31.8 Å². The Morgan fingerprint density at radius 2 is 2.12 bits per heavy atom. The van der Waals surface area contributed by atoms with Crippen LogP contribution in [0.15, 0.2) is 18.2 Å². The fraction of sp³-hybridized carbons (Fsp3) is 0.417. The zero-order valence-electron chi connectivity index (χ0n) is 9.07. The van der Waals surface area contributed by atoms with Crippen LogP contribution in [-0.2, 0) is 0 Å². The SMILES string of the molecule is Nc1n[nH]c2cc(OC3CCCC3)ccc12. The van der Waals surface area contributed by atoms with Gasteiger partial charge in [0, 0.05) is 11.5 Å². The van der Waals surface area contributed by atoms with Crippen LogP contribution in [0.5, 0.6) is 5.75 Å². The lowest BCUT2D eigenvalue weighted by atomic mass is 10.2. The molecule has 4 heteroatoms. The Balaban J connectivity index is 1.87. The van der Waals surface area contributed by atoms with E-state index in [9.17, 15) is 0 Å². The van der Waals surface area contributed by atoms with Gasteiger partial charge in [0.15, 0.2) is 5.82 Å².